The third-order valence-electron chi connectivity index (χ3n) is 3.20. The minimum absolute atomic E-state index is 0.0563. The maximum absolute atomic E-state index is 13.2. The van der Waals surface area contributed by atoms with E-state index in [2.05, 4.69) is 35.0 Å². The van der Waals surface area contributed by atoms with E-state index in [1.165, 1.54) is 10.1 Å². The molecule has 1 aromatic heterocycles. The second-order valence-electron chi connectivity index (χ2n) is 4.33. The lowest BCUT2D eigenvalue weighted by Gasteiger charge is -2.22. The summed E-state index contributed by atoms with van der Waals surface area (Å²) >= 11 is 1.72. The molecule has 1 aromatic carbocycles. The molecule has 0 aliphatic heterocycles. The molecule has 0 fully saturated rings. The van der Waals surface area contributed by atoms with E-state index in [0.29, 0.717) is 0 Å². The fraction of sp³-hybridized carbons (Fsp3) is 0.429. The molecule has 1 nitrogen and oxygen atoms in total. The second-order valence-corrected chi connectivity index (χ2v) is 5.27. The Bertz CT molecular complexity index is 480. The van der Waals surface area contributed by atoms with Crippen LogP contribution in [0.3, 0.4) is 0 Å². The Labute approximate surface area is 106 Å². The molecule has 0 bridgehead atoms. The van der Waals surface area contributed by atoms with Crippen LogP contribution in [-0.2, 0) is 0 Å². The first kappa shape index (κ1) is 12.5. The highest BCUT2D eigenvalue weighted by molar-refractivity contribution is 7.17. The molecule has 17 heavy (non-hydrogen) atoms. The Hall–Kier alpha value is -0.930. The summed E-state index contributed by atoms with van der Waals surface area (Å²) in [6, 6.07) is 8.52. The maximum Gasteiger partial charge on any atom is 0.0977 e. The third-order valence-corrected chi connectivity index (χ3v) is 4.10. The quantitative estimate of drug-likeness (QED) is 0.848. The normalized spacial score (nSPS) is 15.0. The van der Waals surface area contributed by atoms with Gasteiger partial charge in [0.15, 0.2) is 0 Å². The van der Waals surface area contributed by atoms with Crippen molar-refractivity contribution in [3.8, 4) is 0 Å². The van der Waals surface area contributed by atoms with Gasteiger partial charge in [-0.05, 0) is 48.0 Å². The van der Waals surface area contributed by atoms with Crippen molar-refractivity contribution in [3.63, 3.8) is 0 Å². The first-order valence-corrected chi connectivity index (χ1v) is 6.90. The van der Waals surface area contributed by atoms with Gasteiger partial charge in [0.25, 0.3) is 0 Å². The SMILES string of the molecule is CCNC(C)C(CF)c1ccc2sccc2c1. The van der Waals surface area contributed by atoms with Gasteiger partial charge in [0.1, 0.15) is 0 Å². The monoisotopic (exact) mass is 251 g/mol. The van der Waals surface area contributed by atoms with Crippen molar-refractivity contribution in [1.29, 1.82) is 0 Å². The lowest BCUT2D eigenvalue weighted by Crippen LogP contribution is -2.33. The summed E-state index contributed by atoms with van der Waals surface area (Å²) in [6.45, 7) is 4.65. The number of thiophene rings is 1. The van der Waals surface area contributed by atoms with Crippen molar-refractivity contribution < 1.29 is 4.39 Å². The fourth-order valence-electron chi connectivity index (χ4n) is 2.19. The second kappa shape index (κ2) is 5.61. The molecule has 2 atom stereocenters. The highest BCUT2D eigenvalue weighted by Gasteiger charge is 2.18. The standard InChI is InChI=1S/C14H18FNS/c1-3-16-10(2)13(9-15)11-4-5-14-12(8-11)6-7-17-14/h4-8,10,13,16H,3,9H2,1-2H3. The molecule has 0 aliphatic rings. The first-order chi connectivity index (χ1) is 8.26. The van der Waals surface area contributed by atoms with E-state index in [0.717, 1.165) is 12.1 Å². The van der Waals surface area contributed by atoms with Crippen LogP contribution in [0.5, 0.6) is 0 Å². The van der Waals surface area contributed by atoms with Gasteiger partial charge in [-0.3, -0.25) is 4.39 Å². The van der Waals surface area contributed by atoms with Crippen LogP contribution in [0.1, 0.15) is 25.3 Å². The number of hydrogen-bond acceptors (Lipinski definition) is 2. The van der Waals surface area contributed by atoms with E-state index in [1.54, 1.807) is 11.3 Å². The zero-order valence-electron chi connectivity index (χ0n) is 10.2. The zero-order valence-corrected chi connectivity index (χ0v) is 11.1. The van der Waals surface area contributed by atoms with Crippen molar-refractivity contribution >= 4 is 21.4 Å². The summed E-state index contributed by atoms with van der Waals surface area (Å²) in [6.07, 6.45) is 0. The van der Waals surface area contributed by atoms with Gasteiger partial charge >= 0.3 is 0 Å². The average Bonchev–Trinajstić information content (AvgIpc) is 2.77. The van der Waals surface area contributed by atoms with Crippen LogP contribution in [-0.4, -0.2) is 19.3 Å². The lowest BCUT2D eigenvalue weighted by atomic mass is 9.93. The molecule has 0 saturated carbocycles. The lowest BCUT2D eigenvalue weighted by molar-refractivity contribution is 0.364. The number of benzene rings is 1. The summed E-state index contributed by atoms with van der Waals surface area (Å²) in [5.74, 6) is -0.0563. The van der Waals surface area contributed by atoms with E-state index in [1.807, 2.05) is 13.8 Å². The first-order valence-electron chi connectivity index (χ1n) is 6.02. The topological polar surface area (TPSA) is 12.0 Å². The van der Waals surface area contributed by atoms with Gasteiger partial charge in [-0.15, -0.1) is 11.3 Å². The Morgan fingerprint density at radius 3 is 2.88 bits per heavy atom. The molecule has 0 aliphatic carbocycles. The number of halogens is 1. The molecule has 0 amide bonds. The predicted octanol–water partition coefficient (Wildman–Crippen LogP) is 3.95. The summed E-state index contributed by atoms with van der Waals surface area (Å²) in [7, 11) is 0. The van der Waals surface area contributed by atoms with Gasteiger partial charge < -0.3 is 5.32 Å². The molecular formula is C14H18FNS. The Balaban J connectivity index is 2.28. The van der Waals surface area contributed by atoms with Gasteiger partial charge in [-0.25, -0.2) is 0 Å². The van der Waals surface area contributed by atoms with Crippen molar-refractivity contribution in [1.82, 2.24) is 5.32 Å². The van der Waals surface area contributed by atoms with Crippen molar-refractivity contribution in [2.24, 2.45) is 0 Å². The van der Waals surface area contributed by atoms with Gasteiger partial charge in [0.05, 0.1) is 6.67 Å². The van der Waals surface area contributed by atoms with Crippen LogP contribution >= 0.6 is 11.3 Å². The average molecular weight is 251 g/mol. The Morgan fingerprint density at radius 2 is 2.18 bits per heavy atom. The number of likely N-dealkylation sites (N-methyl/N-ethyl adjacent to an activating group) is 1. The minimum Gasteiger partial charge on any atom is -0.314 e. The summed E-state index contributed by atoms with van der Waals surface area (Å²) in [4.78, 5) is 0. The highest BCUT2D eigenvalue weighted by Crippen LogP contribution is 2.27. The largest absolute Gasteiger partial charge is 0.314 e. The van der Waals surface area contributed by atoms with Crippen LogP contribution in [0.15, 0.2) is 29.6 Å². The van der Waals surface area contributed by atoms with Gasteiger partial charge in [-0.2, -0.15) is 0 Å². The van der Waals surface area contributed by atoms with Crippen LogP contribution in [0.25, 0.3) is 10.1 Å². The molecule has 0 saturated heterocycles. The van der Waals surface area contributed by atoms with Crippen molar-refractivity contribution in [3.05, 3.63) is 35.2 Å². The van der Waals surface area contributed by atoms with Gasteiger partial charge in [-0.1, -0.05) is 13.0 Å². The van der Waals surface area contributed by atoms with E-state index in [9.17, 15) is 4.39 Å². The smallest absolute Gasteiger partial charge is 0.0977 e. The Kier molecular flexibility index (Phi) is 4.13. The van der Waals surface area contributed by atoms with Gasteiger partial charge in [0, 0.05) is 16.7 Å². The number of hydrogen-bond donors (Lipinski definition) is 1. The molecule has 0 spiro atoms. The van der Waals surface area contributed by atoms with Crippen LogP contribution < -0.4 is 5.32 Å². The van der Waals surface area contributed by atoms with E-state index >= 15 is 0 Å². The Morgan fingerprint density at radius 1 is 1.35 bits per heavy atom. The van der Waals surface area contributed by atoms with Crippen molar-refractivity contribution in [2.45, 2.75) is 25.8 Å². The van der Waals surface area contributed by atoms with Gasteiger partial charge in [0.2, 0.25) is 0 Å². The van der Waals surface area contributed by atoms with E-state index in [4.69, 9.17) is 0 Å². The molecule has 3 heteroatoms. The number of fused-ring (bicyclic) bond motifs is 1. The van der Waals surface area contributed by atoms with Crippen LogP contribution in [0, 0.1) is 0 Å². The molecule has 2 aromatic rings. The molecule has 0 radical (unpaired) electrons. The molecular weight excluding hydrogens is 233 g/mol. The number of rotatable bonds is 5. The molecule has 92 valence electrons. The summed E-state index contributed by atoms with van der Waals surface area (Å²) < 4.78 is 14.5. The molecule has 2 rings (SSSR count). The van der Waals surface area contributed by atoms with E-state index < -0.39 is 0 Å². The van der Waals surface area contributed by atoms with Crippen LogP contribution in [0.4, 0.5) is 4.39 Å². The molecule has 1 heterocycles. The van der Waals surface area contributed by atoms with E-state index in [-0.39, 0.29) is 18.6 Å². The zero-order chi connectivity index (χ0) is 12.3. The predicted molar refractivity (Wildman–Crippen MR) is 73.7 cm³/mol. The summed E-state index contributed by atoms with van der Waals surface area (Å²) in [5.41, 5.74) is 1.09. The highest BCUT2D eigenvalue weighted by atomic mass is 32.1. The third kappa shape index (κ3) is 2.67. The summed E-state index contributed by atoms with van der Waals surface area (Å²) in [5, 5.41) is 6.59. The number of nitrogens with one attached hydrogen (secondary N) is 1. The minimum atomic E-state index is -0.316. The number of alkyl halides is 1. The molecule has 2 unspecified atom stereocenters. The maximum atomic E-state index is 13.2. The van der Waals surface area contributed by atoms with Crippen molar-refractivity contribution in [2.75, 3.05) is 13.2 Å². The fourth-order valence-corrected chi connectivity index (χ4v) is 2.96. The van der Waals surface area contributed by atoms with Crippen LogP contribution in [0.2, 0.25) is 0 Å². The molecule has 1 N–H and O–H groups in total.